The normalized spacial score (nSPS) is 21.8. The average molecular weight is 380 g/mol. The maximum absolute atomic E-state index is 12.6. The largest absolute Gasteiger partial charge is 0.348 e. The average Bonchev–Trinajstić information content (AvgIpc) is 2.60. The van der Waals surface area contributed by atoms with Gasteiger partial charge < -0.3 is 10.3 Å². The van der Waals surface area contributed by atoms with E-state index >= 15 is 0 Å². The summed E-state index contributed by atoms with van der Waals surface area (Å²) >= 11 is 4.98. The van der Waals surface area contributed by atoms with Crippen molar-refractivity contribution in [3.63, 3.8) is 0 Å². The summed E-state index contributed by atoms with van der Waals surface area (Å²) in [5.74, 6) is 0.387. The van der Waals surface area contributed by atoms with Gasteiger partial charge in [-0.3, -0.25) is 18.8 Å². The molecule has 1 heterocycles. The number of carbonyl (C=O) groups is 1. The monoisotopic (exact) mass is 379 g/mol. The molecule has 3 rings (SSSR count). The third-order valence-electron chi connectivity index (χ3n) is 4.64. The molecule has 1 fully saturated rings. The van der Waals surface area contributed by atoms with Crippen LogP contribution in [0.4, 0.5) is 0 Å². The van der Waals surface area contributed by atoms with E-state index < -0.39 is 10.8 Å². The van der Waals surface area contributed by atoms with Gasteiger partial charge in [0, 0.05) is 28.2 Å². The molecule has 0 bridgehead atoms. The van der Waals surface area contributed by atoms with E-state index in [1.54, 1.807) is 18.2 Å². The van der Waals surface area contributed by atoms with Gasteiger partial charge in [0.15, 0.2) is 4.77 Å². The van der Waals surface area contributed by atoms with Crippen LogP contribution in [0.5, 0.6) is 0 Å². The van der Waals surface area contributed by atoms with Crippen LogP contribution in [0.3, 0.4) is 0 Å². The lowest BCUT2D eigenvalue weighted by atomic mass is 9.94. The summed E-state index contributed by atoms with van der Waals surface area (Å²) in [6.45, 7) is 1.91. The van der Waals surface area contributed by atoms with Gasteiger partial charge in [-0.15, -0.1) is 0 Å². The van der Waals surface area contributed by atoms with Crippen LogP contribution < -0.4 is 10.9 Å². The molecule has 134 valence electrons. The molecule has 0 unspecified atom stereocenters. The number of nitrogens with one attached hydrogen (secondary N) is 3. The van der Waals surface area contributed by atoms with Crippen LogP contribution in [0.25, 0.3) is 10.9 Å². The highest BCUT2D eigenvalue weighted by Gasteiger charge is 2.30. The zero-order chi connectivity index (χ0) is 18.0. The molecule has 3 N–H and O–H groups in total. The number of aromatic nitrogens is 2. The maximum Gasteiger partial charge on any atom is 0.259 e. The summed E-state index contributed by atoms with van der Waals surface area (Å²) in [6.07, 6.45) is 3.81. The van der Waals surface area contributed by atoms with Gasteiger partial charge >= 0.3 is 0 Å². The Morgan fingerprint density at radius 3 is 2.84 bits per heavy atom. The number of hydrogen-bond donors (Lipinski definition) is 3. The molecule has 1 aliphatic rings. The molecule has 25 heavy (non-hydrogen) atoms. The van der Waals surface area contributed by atoms with E-state index in [2.05, 4.69) is 15.3 Å². The standard InChI is InChI=1S/C17H21N3O3S2/c1-2-25(23)14-6-4-3-5-12(14)18-15(21)10-7-8-11-13(9-10)19-17(24)20-16(11)22/h7-9,12,14H,2-6H2,1H3,(H,18,21)(H2,19,20,22,24)/t12-,14-,25+/m1/s1. The minimum atomic E-state index is -0.925. The highest BCUT2D eigenvalue weighted by atomic mass is 32.2. The summed E-state index contributed by atoms with van der Waals surface area (Å²) in [7, 11) is -0.925. The Balaban J connectivity index is 1.85. The quantitative estimate of drug-likeness (QED) is 0.711. The Hall–Kier alpha value is -1.80. The first-order valence-corrected chi connectivity index (χ1v) is 10.2. The molecular weight excluding hydrogens is 358 g/mol. The second kappa shape index (κ2) is 7.61. The first-order valence-electron chi connectivity index (χ1n) is 8.44. The molecule has 2 aromatic rings. The second-order valence-corrected chi connectivity index (χ2v) is 8.59. The molecule has 6 nitrogen and oxygen atoms in total. The van der Waals surface area contributed by atoms with Crippen LogP contribution in [0, 0.1) is 4.77 Å². The summed E-state index contributed by atoms with van der Waals surface area (Å²) in [6, 6.07) is 4.79. The third kappa shape index (κ3) is 3.90. The molecule has 0 spiro atoms. The first kappa shape index (κ1) is 18.0. The smallest absolute Gasteiger partial charge is 0.259 e. The van der Waals surface area contributed by atoms with E-state index in [4.69, 9.17) is 12.2 Å². The molecule has 0 radical (unpaired) electrons. The topological polar surface area (TPSA) is 94.8 Å². The minimum absolute atomic E-state index is 0.0109. The predicted octanol–water partition coefficient (Wildman–Crippen LogP) is 2.40. The molecular formula is C17H21N3O3S2. The molecule has 0 aliphatic heterocycles. The van der Waals surface area contributed by atoms with Gasteiger partial charge in [0.25, 0.3) is 11.5 Å². The number of benzene rings is 1. The summed E-state index contributed by atoms with van der Waals surface area (Å²) in [5, 5.41) is 3.50. The van der Waals surface area contributed by atoms with Crippen LogP contribution in [0.2, 0.25) is 0 Å². The van der Waals surface area contributed by atoms with Crippen molar-refractivity contribution in [2.75, 3.05) is 5.75 Å². The lowest BCUT2D eigenvalue weighted by Crippen LogP contribution is -2.47. The number of amides is 1. The highest BCUT2D eigenvalue weighted by molar-refractivity contribution is 7.85. The summed E-state index contributed by atoms with van der Waals surface area (Å²) < 4.78 is 12.5. The zero-order valence-corrected chi connectivity index (χ0v) is 15.6. The molecule has 1 saturated carbocycles. The molecule has 1 aromatic carbocycles. The van der Waals surface area contributed by atoms with Crippen molar-refractivity contribution in [3.8, 4) is 0 Å². The van der Waals surface area contributed by atoms with Crippen molar-refractivity contribution in [1.29, 1.82) is 0 Å². The van der Waals surface area contributed by atoms with Gasteiger partial charge in [0.1, 0.15) is 0 Å². The number of H-pyrrole nitrogens is 2. The first-order chi connectivity index (χ1) is 12.0. The van der Waals surface area contributed by atoms with Crippen molar-refractivity contribution in [2.24, 2.45) is 0 Å². The third-order valence-corrected chi connectivity index (χ3v) is 6.66. The summed E-state index contributed by atoms with van der Waals surface area (Å²) in [4.78, 5) is 29.9. The molecule has 1 amide bonds. The van der Waals surface area contributed by atoms with Gasteiger partial charge in [-0.2, -0.15) is 0 Å². The van der Waals surface area contributed by atoms with E-state index in [1.165, 1.54) is 0 Å². The second-order valence-electron chi connectivity index (χ2n) is 6.24. The van der Waals surface area contributed by atoms with E-state index in [9.17, 15) is 13.8 Å². The highest BCUT2D eigenvalue weighted by Crippen LogP contribution is 2.23. The molecule has 0 saturated heterocycles. The fourth-order valence-electron chi connectivity index (χ4n) is 3.35. The van der Waals surface area contributed by atoms with Crippen molar-refractivity contribution in [1.82, 2.24) is 15.3 Å². The predicted molar refractivity (Wildman–Crippen MR) is 102 cm³/mol. The van der Waals surface area contributed by atoms with Crippen LogP contribution in [0.1, 0.15) is 43.0 Å². The summed E-state index contributed by atoms with van der Waals surface area (Å²) in [5.41, 5.74) is 0.700. The number of fused-ring (bicyclic) bond motifs is 1. The lowest BCUT2D eigenvalue weighted by Gasteiger charge is -2.31. The van der Waals surface area contributed by atoms with Crippen LogP contribution in [-0.2, 0) is 10.8 Å². The van der Waals surface area contributed by atoms with Gasteiger partial charge in [-0.25, -0.2) is 0 Å². The fraction of sp³-hybridized carbons (Fsp3) is 0.471. The van der Waals surface area contributed by atoms with Gasteiger partial charge in [-0.1, -0.05) is 19.8 Å². The van der Waals surface area contributed by atoms with Gasteiger partial charge in [0.05, 0.1) is 16.2 Å². The van der Waals surface area contributed by atoms with Gasteiger partial charge in [0.2, 0.25) is 0 Å². The molecule has 1 aliphatic carbocycles. The Labute approximate surface area is 152 Å². The number of rotatable bonds is 4. The zero-order valence-electron chi connectivity index (χ0n) is 14.0. The van der Waals surface area contributed by atoms with Crippen molar-refractivity contribution in [3.05, 3.63) is 38.9 Å². The molecule has 3 atom stereocenters. The van der Waals surface area contributed by atoms with E-state index in [0.717, 1.165) is 25.7 Å². The van der Waals surface area contributed by atoms with Crippen LogP contribution in [-0.4, -0.2) is 37.1 Å². The number of carbonyl (C=O) groups excluding carboxylic acids is 1. The SMILES string of the molecule is CC[S@](=O)[C@@H]1CCCC[C@H]1NC(=O)c1ccc2c(=O)[nH]c(=S)[nH]c2c1. The number of aromatic amines is 2. The Morgan fingerprint density at radius 2 is 2.08 bits per heavy atom. The maximum atomic E-state index is 12.6. The Morgan fingerprint density at radius 1 is 1.32 bits per heavy atom. The van der Waals surface area contributed by atoms with Crippen LogP contribution >= 0.6 is 12.2 Å². The molecule has 8 heteroatoms. The lowest BCUT2D eigenvalue weighted by molar-refractivity contribution is 0.0929. The van der Waals surface area contributed by atoms with E-state index in [-0.39, 0.29) is 27.5 Å². The minimum Gasteiger partial charge on any atom is -0.348 e. The van der Waals surface area contributed by atoms with Crippen molar-refractivity contribution in [2.45, 2.75) is 43.9 Å². The number of hydrogen-bond acceptors (Lipinski definition) is 4. The fourth-order valence-corrected chi connectivity index (χ4v) is 4.98. The van der Waals surface area contributed by atoms with Crippen LogP contribution in [0.15, 0.2) is 23.0 Å². The van der Waals surface area contributed by atoms with E-state index in [0.29, 0.717) is 22.2 Å². The van der Waals surface area contributed by atoms with Crippen molar-refractivity contribution >= 4 is 39.8 Å². The van der Waals surface area contributed by atoms with E-state index in [1.807, 2.05) is 6.92 Å². The van der Waals surface area contributed by atoms with Gasteiger partial charge in [-0.05, 0) is 43.3 Å². The molecule has 1 aromatic heterocycles. The van der Waals surface area contributed by atoms with Crippen molar-refractivity contribution < 1.29 is 9.00 Å². The Kier molecular flexibility index (Phi) is 5.48. The Bertz CT molecular complexity index is 935.